The fourth-order valence-corrected chi connectivity index (χ4v) is 3.09. The number of hydrogen-bond donors (Lipinski definition) is 1. The van der Waals surface area contributed by atoms with E-state index in [2.05, 4.69) is 6.92 Å². The number of rotatable bonds is 0. The van der Waals surface area contributed by atoms with Crippen molar-refractivity contribution in [2.45, 2.75) is 33.0 Å². The van der Waals surface area contributed by atoms with Crippen LogP contribution in [0.4, 0.5) is 0 Å². The fraction of sp³-hybridized carbons (Fsp3) is 0.571. The number of aryl methyl sites for hydroxylation is 1. The van der Waals surface area contributed by atoms with Crippen LogP contribution >= 0.6 is 0 Å². The van der Waals surface area contributed by atoms with Crippen LogP contribution in [0.1, 0.15) is 25.0 Å². The molecule has 1 N–H and O–H groups in total. The summed E-state index contributed by atoms with van der Waals surface area (Å²) < 4.78 is 11.8. The Hall–Kier alpha value is -1.22. The minimum atomic E-state index is -0.521. The minimum absolute atomic E-state index is 0.259. The molecule has 17 heavy (non-hydrogen) atoms. The van der Waals surface area contributed by atoms with Gasteiger partial charge in [0.25, 0.3) is 0 Å². The summed E-state index contributed by atoms with van der Waals surface area (Å²) in [6.45, 7) is 6.98. The first-order valence-electron chi connectivity index (χ1n) is 6.15. The van der Waals surface area contributed by atoms with Gasteiger partial charge < -0.3 is 14.6 Å². The molecule has 3 nitrogen and oxygen atoms in total. The molecule has 2 heterocycles. The fourth-order valence-electron chi connectivity index (χ4n) is 3.09. The Morgan fingerprint density at radius 1 is 1.41 bits per heavy atom. The summed E-state index contributed by atoms with van der Waals surface area (Å²) in [4.78, 5) is 0. The quantitative estimate of drug-likeness (QED) is 0.750. The number of phenols is 1. The normalized spacial score (nSPS) is 35.0. The SMILES string of the molecule is Cc1cc(O)cc2c1CC1C(C)COC1(C)O2. The molecule has 0 bridgehead atoms. The Kier molecular flexibility index (Phi) is 2.17. The number of phenolic OH excluding ortho intramolecular Hbond substituents is 1. The van der Waals surface area contributed by atoms with Crippen molar-refractivity contribution >= 4 is 0 Å². The molecule has 0 saturated carbocycles. The highest BCUT2D eigenvalue weighted by Crippen LogP contribution is 2.47. The summed E-state index contributed by atoms with van der Waals surface area (Å²) in [6, 6.07) is 3.49. The van der Waals surface area contributed by atoms with Crippen LogP contribution in [0, 0.1) is 18.8 Å². The van der Waals surface area contributed by atoms with Crippen LogP contribution in [0.3, 0.4) is 0 Å². The number of benzene rings is 1. The Morgan fingerprint density at radius 3 is 2.94 bits per heavy atom. The monoisotopic (exact) mass is 234 g/mol. The highest BCUT2D eigenvalue weighted by atomic mass is 16.7. The molecule has 0 spiro atoms. The van der Waals surface area contributed by atoms with Crippen LogP contribution in [0.25, 0.3) is 0 Å². The zero-order valence-corrected chi connectivity index (χ0v) is 10.5. The molecule has 0 amide bonds. The van der Waals surface area contributed by atoms with E-state index < -0.39 is 5.79 Å². The van der Waals surface area contributed by atoms with E-state index in [-0.39, 0.29) is 5.75 Å². The Balaban J connectivity index is 2.07. The third-order valence-corrected chi connectivity index (χ3v) is 4.15. The Morgan fingerprint density at radius 2 is 2.18 bits per heavy atom. The van der Waals surface area contributed by atoms with Gasteiger partial charge in [-0.25, -0.2) is 0 Å². The van der Waals surface area contributed by atoms with Crippen molar-refractivity contribution in [1.82, 2.24) is 0 Å². The average molecular weight is 234 g/mol. The lowest BCUT2D eigenvalue weighted by molar-refractivity contribution is -0.166. The van der Waals surface area contributed by atoms with Gasteiger partial charge in [-0.15, -0.1) is 0 Å². The molecule has 3 unspecified atom stereocenters. The predicted octanol–water partition coefficient (Wildman–Crippen LogP) is 2.63. The molecule has 1 saturated heterocycles. The van der Waals surface area contributed by atoms with Gasteiger partial charge in [-0.05, 0) is 36.5 Å². The third-order valence-electron chi connectivity index (χ3n) is 4.15. The first-order valence-corrected chi connectivity index (χ1v) is 6.15. The Labute approximate surface area is 101 Å². The van der Waals surface area contributed by atoms with Crippen molar-refractivity contribution in [2.75, 3.05) is 6.61 Å². The molecule has 1 fully saturated rings. The smallest absolute Gasteiger partial charge is 0.211 e. The average Bonchev–Trinajstić information content (AvgIpc) is 2.52. The molecule has 0 aliphatic carbocycles. The highest BCUT2D eigenvalue weighted by Gasteiger charge is 2.50. The van der Waals surface area contributed by atoms with Crippen molar-refractivity contribution in [2.24, 2.45) is 11.8 Å². The molecule has 3 atom stereocenters. The largest absolute Gasteiger partial charge is 0.508 e. The van der Waals surface area contributed by atoms with Crippen LogP contribution in [0.2, 0.25) is 0 Å². The topological polar surface area (TPSA) is 38.7 Å². The first kappa shape index (κ1) is 10.9. The van der Waals surface area contributed by atoms with Gasteiger partial charge in [-0.2, -0.15) is 0 Å². The summed E-state index contributed by atoms with van der Waals surface area (Å²) in [7, 11) is 0. The van der Waals surface area contributed by atoms with Crippen LogP contribution in [0.15, 0.2) is 12.1 Å². The van der Waals surface area contributed by atoms with Gasteiger partial charge in [-0.1, -0.05) is 6.92 Å². The standard InChI is InChI=1S/C14H18O3/c1-8-4-10(15)5-13-11(8)6-12-9(2)7-16-14(12,3)17-13/h4-5,9,12,15H,6-7H2,1-3H3. The first-order chi connectivity index (χ1) is 7.99. The van der Waals surface area contributed by atoms with Gasteiger partial charge >= 0.3 is 0 Å². The summed E-state index contributed by atoms with van der Waals surface area (Å²) in [5, 5.41) is 9.62. The molecule has 0 radical (unpaired) electrons. The van der Waals surface area contributed by atoms with E-state index in [0.717, 1.165) is 24.3 Å². The molecule has 0 aromatic heterocycles. The molecule has 1 aromatic rings. The molecule has 2 aliphatic rings. The van der Waals surface area contributed by atoms with E-state index in [4.69, 9.17) is 9.47 Å². The zero-order chi connectivity index (χ0) is 12.2. The summed E-state index contributed by atoms with van der Waals surface area (Å²) >= 11 is 0. The minimum Gasteiger partial charge on any atom is -0.508 e. The number of aromatic hydroxyl groups is 1. The molecular weight excluding hydrogens is 216 g/mol. The van der Waals surface area contributed by atoms with E-state index in [1.165, 1.54) is 5.56 Å². The molecule has 2 aliphatic heterocycles. The summed E-state index contributed by atoms with van der Waals surface area (Å²) in [5.74, 6) is 1.43. The summed E-state index contributed by atoms with van der Waals surface area (Å²) in [6.07, 6.45) is 0.971. The second kappa shape index (κ2) is 3.39. The van der Waals surface area contributed by atoms with E-state index in [9.17, 15) is 5.11 Å². The van der Waals surface area contributed by atoms with Gasteiger partial charge in [0, 0.05) is 18.9 Å². The van der Waals surface area contributed by atoms with Gasteiger partial charge in [0.05, 0.1) is 6.61 Å². The van der Waals surface area contributed by atoms with Crippen LogP contribution < -0.4 is 4.74 Å². The number of hydrogen-bond acceptors (Lipinski definition) is 3. The van der Waals surface area contributed by atoms with Crippen molar-refractivity contribution in [3.05, 3.63) is 23.3 Å². The maximum Gasteiger partial charge on any atom is 0.211 e. The van der Waals surface area contributed by atoms with Crippen molar-refractivity contribution in [3.8, 4) is 11.5 Å². The number of ether oxygens (including phenoxy) is 2. The van der Waals surface area contributed by atoms with Gasteiger partial charge in [0.2, 0.25) is 5.79 Å². The van der Waals surface area contributed by atoms with Gasteiger partial charge in [0.15, 0.2) is 0 Å². The van der Waals surface area contributed by atoms with E-state index in [0.29, 0.717) is 11.8 Å². The maximum atomic E-state index is 9.62. The van der Waals surface area contributed by atoms with E-state index in [1.54, 1.807) is 12.1 Å². The van der Waals surface area contributed by atoms with Gasteiger partial charge in [0.1, 0.15) is 11.5 Å². The third kappa shape index (κ3) is 1.53. The number of fused-ring (bicyclic) bond motifs is 2. The molecular formula is C14H18O3. The van der Waals surface area contributed by atoms with Crippen molar-refractivity contribution in [1.29, 1.82) is 0 Å². The molecule has 3 heteroatoms. The van der Waals surface area contributed by atoms with Crippen LogP contribution in [-0.2, 0) is 11.2 Å². The van der Waals surface area contributed by atoms with Crippen molar-refractivity contribution < 1.29 is 14.6 Å². The highest BCUT2D eigenvalue weighted by molar-refractivity contribution is 5.47. The molecule has 3 rings (SSSR count). The van der Waals surface area contributed by atoms with E-state index >= 15 is 0 Å². The maximum absolute atomic E-state index is 9.62. The lowest BCUT2D eigenvalue weighted by atomic mass is 9.81. The lowest BCUT2D eigenvalue weighted by Crippen LogP contribution is -2.43. The Bertz CT molecular complexity index is 469. The molecule has 92 valence electrons. The predicted molar refractivity (Wildman–Crippen MR) is 64.2 cm³/mol. The van der Waals surface area contributed by atoms with E-state index in [1.807, 2.05) is 13.8 Å². The van der Waals surface area contributed by atoms with Crippen molar-refractivity contribution in [3.63, 3.8) is 0 Å². The van der Waals surface area contributed by atoms with Gasteiger partial charge in [-0.3, -0.25) is 0 Å². The van der Waals surface area contributed by atoms with Crippen LogP contribution in [-0.4, -0.2) is 17.5 Å². The summed E-state index contributed by atoms with van der Waals surface area (Å²) in [5.41, 5.74) is 2.31. The second-order valence-electron chi connectivity index (χ2n) is 5.46. The lowest BCUT2D eigenvalue weighted by Gasteiger charge is -2.38. The molecule has 1 aromatic carbocycles. The zero-order valence-electron chi connectivity index (χ0n) is 10.5. The van der Waals surface area contributed by atoms with Crippen LogP contribution in [0.5, 0.6) is 11.5 Å². The second-order valence-corrected chi connectivity index (χ2v) is 5.46.